The molecule has 0 aromatic heterocycles. The Labute approximate surface area is 257 Å². The number of para-hydroxylation sites is 2. The number of aliphatic carboxylic acids is 1. The highest BCUT2D eigenvalue weighted by Crippen LogP contribution is 2.59. The molecule has 0 bridgehead atoms. The molecule has 45 heavy (non-hydrogen) atoms. The average molecular weight is 647 g/mol. The molecule has 1 unspecified atom stereocenters. The number of carbonyl (C=O) groups excluding carboxylic acids is 1. The molecule has 4 aromatic rings. The minimum Gasteiger partial charge on any atom is -0.492 e. The van der Waals surface area contributed by atoms with Gasteiger partial charge in [0, 0.05) is 6.54 Å². The molecule has 14 heteroatoms. The van der Waals surface area contributed by atoms with E-state index in [1.807, 2.05) is 42.5 Å². The van der Waals surface area contributed by atoms with Crippen molar-refractivity contribution in [2.75, 3.05) is 13.2 Å². The molecule has 0 fully saturated rings. The molecule has 1 amide bonds. The molecule has 0 aliphatic carbocycles. The van der Waals surface area contributed by atoms with E-state index >= 15 is 0 Å². The molecule has 0 radical (unpaired) electrons. The zero-order chi connectivity index (χ0) is 32.7. The number of carboxylic acids is 1. The van der Waals surface area contributed by atoms with Crippen molar-refractivity contribution in [1.82, 2.24) is 5.32 Å². The Morgan fingerprint density at radius 1 is 0.778 bits per heavy atom. The maximum absolute atomic E-state index is 14.6. The van der Waals surface area contributed by atoms with E-state index in [0.717, 1.165) is 5.56 Å². The van der Waals surface area contributed by atoms with Gasteiger partial charge in [0.05, 0.1) is 0 Å². The normalized spacial score (nSPS) is 11.6. The first-order valence-electron chi connectivity index (χ1n) is 13.3. The quantitative estimate of drug-likeness (QED) is 0.139. The highest BCUT2D eigenvalue weighted by atomic mass is 31.2. The van der Waals surface area contributed by atoms with Crippen molar-refractivity contribution in [2.24, 2.45) is 5.73 Å². The number of carbonyl (C=O) groups is 2. The molecular formula is C31H30F3N2O8P. The highest BCUT2D eigenvalue weighted by Gasteiger charge is 2.42. The van der Waals surface area contributed by atoms with Crippen LogP contribution in [0.15, 0.2) is 115 Å². The van der Waals surface area contributed by atoms with Gasteiger partial charge in [0.25, 0.3) is 0 Å². The largest absolute Gasteiger partial charge is 0.492 e. The van der Waals surface area contributed by atoms with Gasteiger partial charge in [-0.3, -0.25) is 0 Å². The molecule has 0 aliphatic heterocycles. The molecule has 0 spiro atoms. The number of halogens is 3. The number of amides is 1. The van der Waals surface area contributed by atoms with Crippen molar-refractivity contribution >= 4 is 19.7 Å². The third kappa shape index (κ3) is 11.5. The summed E-state index contributed by atoms with van der Waals surface area (Å²) in [6.07, 6.45) is -5.86. The number of alkyl carbamates (subject to hydrolysis) is 1. The summed E-state index contributed by atoms with van der Waals surface area (Å²) in [5.41, 5.74) is 6.81. The summed E-state index contributed by atoms with van der Waals surface area (Å²) in [4.78, 5) is 21.9. The maximum Gasteiger partial charge on any atom is 0.490 e. The van der Waals surface area contributed by atoms with Crippen LogP contribution in [0, 0.1) is 0 Å². The number of ether oxygens (including phenoxy) is 2. The van der Waals surface area contributed by atoms with E-state index in [0.29, 0.717) is 36.0 Å². The minimum atomic E-state index is -5.08. The number of hydrogen-bond acceptors (Lipinski definition) is 8. The second-order valence-electron chi connectivity index (χ2n) is 8.97. The number of hydrogen-bond donors (Lipinski definition) is 3. The number of benzene rings is 4. The van der Waals surface area contributed by atoms with Crippen molar-refractivity contribution in [2.45, 2.75) is 18.6 Å². The standard InChI is InChI=1S/C29H29N2O6P.C2HF3O2/c30-20-21-34-25-18-16-24(17-19-25)28(31-29(32)35-22-23-10-4-1-5-11-23)38(33,36-26-12-6-2-7-13-26)37-27-14-8-3-9-15-27;3-2(4,5)1(6)7/h1-19,28H,20-22,30H2,(H,31,32);(H,6,7). The first-order valence-corrected chi connectivity index (χ1v) is 14.9. The van der Waals surface area contributed by atoms with Crippen LogP contribution in [0.3, 0.4) is 0 Å². The lowest BCUT2D eigenvalue weighted by Crippen LogP contribution is -2.31. The highest BCUT2D eigenvalue weighted by molar-refractivity contribution is 7.55. The summed E-state index contributed by atoms with van der Waals surface area (Å²) in [7, 11) is -4.15. The topological polar surface area (TPSA) is 146 Å². The lowest BCUT2D eigenvalue weighted by molar-refractivity contribution is -0.192. The van der Waals surface area contributed by atoms with Gasteiger partial charge in [0.2, 0.25) is 0 Å². The van der Waals surface area contributed by atoms with Gasteiger partial charge >= 0.3 is 25.8 Å². The fourth-order valence-electron chi connectivity index (χ4n) is 3.53. The Bertz CT molecular complexity index is 1480. The van der Waals surface area contributed by atoms with Gasteiger partial charge in [-0.15, -0.1) is 0 Å². The number of alkyl halides is 3. The summed E-state index contributed by atoms with van der Waals surface area (Å²) in [6, 6.07) is 33.3. The third-order valence-electron chi connectivity index (χ3n) is 5.56. The van der Waals surface area contributed by atoms with Crippen LogP contribution in [-0.2, 0) is 20.7 Å². The first-order chi connectivity index (χ1) is 21.5. The van der Waals surface area contributed by atoms with E-state index < -0.39 is 31.6 Å². The van der Waals surface area contributed by atoms with Gasteiger partial charge in [-0.25, -0.2) is 14.2 Å². The zero-order valence-corrected chi connectivity index (χ0v) is 24.5. The van der Waals surface area contributed by atoms with Crippen LogP contribution >= 0.6 is 7.60 Å². The van der Waals surface area contributed by atoms with Crippen molar-refractivity contribution in [3.05, 3.63) is 126 Å². The molecule has 238 valence electrons. The fourth-order valence-corrected chi connectivity index (χ4v) is 5.41. The van der Waals surface area contributed by atoms with Crippen LogP contribution in [0.1, 0.15) is 16.9 Å². The molecule has 1 atom stereocenters. The van der Waals surface area contributed by atoms with Crippen LogP contribution in [0.25, 0.3) is 0 Å². The molecule has 0 saturated heterocycles. The minimum absolute atomic E-state index is 0.0364. The van der Waals surface area contributed by atoms with Crippen molar-refractivity contribution in [3.63, 3.8) is 0 Å². The van der Waals surface area contributed by atoms with E-state index in [4.69, 9.17) is 34.2 Å². The van der Waals surface area contributed by atoms with Gasteiger partial charge in [0.15, 0.2) is 5.78 Å². The van der Waals surface area contributed by atoms with Crippen LogP contribution in [0.2, 0.25) is 0 Å². The smallest absolute Gasteiger partial charge is 0.490 e. The van der Waals surface area contributed by atoms with Gasteiger partial charge < -0.3 is 34.7 Å². The van der Waals surface area contributed by atoms with Crippen molar-refractivity contribution in [1.29, 1.82) is 0 Å². The van der Waals surface area contributed by atoms with E-state index in [2.05, 4.69) is 5.32 Å². The Balaban J connectivity index is 0.000000707. The molecular weight excluding hydrogens is 616 g/mol. The molecule has 4 aromatic carbocycles. The SMILES string of the molecule is NCCOc1ccc(C(NC(=O)OCc2ccccc2)P(=O)(Oc2ccccc2)Oc2ccccc2)cc1.O=C(O)C(F)(F)F. The summed E-state index contributed by atoms with van der Waals surface area (Å²) in [6.45, 7) is 0.748. The van der Waals surface area contributed by atoms with E-state index in [9.17, 15) is 22.5 Å². The Morgan fingerprint density at radius 3 is 1.69 bits per heavy atom. The van der Waals surface area contributed by atoms with Crippen LogP contribution in [0.4, 0.5) is 18.0 Å². The fraction of sp³-hybridized carbons (Fsp3) is 0.161. The van der Waals surface area contributed by atoms with E-state index in [-0.39, 0.29) is 6.61 Å². The molecule has 0 aliphatic rings. The van der Waals surface area contributed by atoms with Crippen LogP contribution in [0.5, 0.6) is 17.2 Å². The Hall–Kier alpha value is -5.00. The van der Waals surface area contributed by atoms with Gasteiger partial charge in [0.1, 0.15) is 30.5 Å². The first kappa shape index (κ1) is 34.5. The van der Waals surface area contributed by atoms with Crippen molar-refractivity contribution < 1.29 is 51.0 Å². The zero-order valence-electron chi connectivity index (χ0n) is 23.6. The van der Waals surface area contributed by atoms with Gasteiger partial charge in [-0.05, 0) is 47.5 Å². The maximum atomic E-state index is 14.6. The third-order valence-corrected chi connectivity index (χ3v) is 7.55. The molecule has 4 N–H and O–H groups in total. The second kappa shape index (κ2) is 16.7. The Morgan fingerprint density at radius 2 is 1.24 bits per heavy atom. The summed E-state index contributed by atoms with van der Waals surface area (Å²) in [5, 5.41) is 9.84. The summed E-state index contributed by atoms with van der Waals surface area (Å²) < 4.78 is 69.3. The van der Waals surface area contributed by atoms with Crippen LogP contribution in [-0.4, -0.2) is 36.5 Å². The van der Waals surface area contributed by atoms with Gasteiger partial charge in [-0.2, -0.15) is 13.2 Å². The molecule has 0 heterocycles. The monoisotopic (exact) mass is 646 g/mol. The van der Waals surface area contributed by atoms with Gasteiger partial charge in [-0.1, -0.05) is 78.9 Å². The lowest BCUT2D eigenvalue weighted by atomic mass is 10.2. The van der Waals surface area contributed by atoms with E-state index in [1.165, 1.54) is 0 Å². The number of rotatable bonds is 12. The predicted molar refractivity (Wildman–Crippen MR) is 159 cm³/mol. The Kier molecular flexibility index (Phi) is 12.8. The number of nitrogens with one attached hydrogen (secondary N) is 1. The molecule has 10 nitrogen and oxygen atoms in total. The average Bonchev–Trinajstić information content (AvgIpc) is 3.03. The second-order valence-corrected chi connectivity index (χ2v) is 10.9. The molecule has 4 rings (SSSR count). The van der Waals surface area contributed by atoms with E-state index in [1.54, 1.807) is 72.8 Å². The number of carboxylic acid groups (broad SMARTS) is 1. The summed E-state index contributed by atoms with van der Waals surface area (Å²) in [5.74, 6) is -2.76. The lowest BCUT2D eigenvalue weighted by Gasteiger charge is -2.28. The van der Waals surface area contributed by atoms with Crippen molar-refractivity contribution in [3.8, 4) is 17.2 Å². The summed E-state index contributed by atoms with van der Waals surface area (Å²) >= 11 is 0. The number of nitrogens with two attached hydrogens (primary N) is 1. The molecule has 0 saturated carbocycles. The predicted octanol–water partition coefficient (Wildman–Crippen LogP) is 6.93. The van der Waals surface area contributed by atoms with Crippen LogP contribution < -0.4 is 24.8 Å².